The molecule has 0 saturated carbocycles. The quantitative estimate of drug-likeness (QED) is 0.772. The van der Waals surface area contributed by atoms with E-state index < -0.39 is 0 Å². The van der Waals surface area contributed by atoms with Crippen LogP contribution in [0.25, 0.3) is 0 Å². The third-order valence-electron chi connectivity index (χ3n) is 3.50. The van der Waals surface area contributed by atoms with Crippen molar-refractivity contribution in [3.05, 3.63) is 29.6 Å². The Hall–Kier alpha value is -1.90. The molecule has 1 fully saturated rings. The fraction of sp³-hybridized carbons (Fsp3) is 0.467. The highest BCUT2D eigenvalue weighted by molar-refractivity contribution is 5.92. The van der Waals surface area contributed by atoms with Crippen molar-refractivity contribution in [2.24, 2.45) is 5.73 Å². The van der Waals surface area contributed by atoms with Crippen LogP contribution in [0.3, 0.4) is 0 Å². The molecule has 5 heteroatoms. The van der Waals surface area contributed by atoms with E-state index in [1.165, 1.54) is 6.42 Å². The molecular weight excluding hydrogens is 252 g/mol. The number of likely N-dealkylation sites (tertiary alicyclic amines) is 1. The van der Waals surface area contributed by atoms with Crippen LogP contribution in [0.5, 0.6) is 0 Å². The van der Waals surface area contributed by atoms with Gasteiger partial charge in [0.1, 0.15) is 5.69 Å². The smallest absolute Gasteiger partial charge is 0.269 e. The van der Waals surface area contributed by atoms with Crippen LogP contribution in [0.4, 0.5) is 0 Å². The zero-order valence-corrected chi connectivity index (χ0v) is 11.7. The van der Waals surface area contributed by atoms with Gasteiger partial charge in [-0.2, -0.15) is 0 Å². The number of nitrogens with zero attached hydrogens (tertiary/aromatic N) is 2. The molecule has 0 bridgehead atoms. The molecule has 0 aromatic carbocycles. The Morgan fingerprint density at radius 3 is 3.05 bits per heavy atom. The molecule has 2 rings (SSSR count). The van der Waals surface area contributed by atoms with Gasteiger partial charge in [0.05, 0.1) is 6.54 Å². The number of likely N-dealkylation sites (N-methyl/N-ethyl adjacent to an activating group) is 1. The molecule has 2 heterocycles. The maximum atomic E-state index is 12.0. The fourth-order valence-electron chi connectivity index (χ4n) is 2.29. The molecule has 1 saturated heterocycles. The van der Waals surface area contributed by atoms with Crippen LogP contribution in [0, 0.1) is 11.8 Å². The van der Waals surface area contributed by atoms with E-state index in [0.29, 0.717) is 24.8 Å². The highest BCUT2D eigenvalue weighted by Gasteiger charge is 2.21. The van der Waals surface area contributed by atoms with Gasteiger partial charge in [0, 0.05) is 24.3 Å². The minimum Gasteiger partial charge on any atom is -0.349 e. The van der Waals surface area contributed by atoms with Crippen molar-refractivity contribution in [2.75, 3.05) is 26.7 Å². The average Bonchev–Trinajstić information content (AvgIpc) is 2.88. The first kappa shape index (κ1) is 14.5. The molecule has 5 nitrogen and oxygen atoms in total. The summed E-state index contributed by atoms with van der Waals surface area (Å²) in [4.78, 5) is 18.4. The van der Waals surface area contributed by atoms with Gasteiger partial charge >= 0.3 is 0 Å². The van der Waals surface area contributed by atoms with E-state index in [4.69, 9.17) is 5.73 Å². The van der Waals surface area contributed by atoms with E-state index in [-0.39, 0.29) is 5.91 Å². The number of carbonyl (C=O) groups excluding carboxylic acids is 1. The van der Waals surface area contributed by atoms with Gasteiger partial charge < -0.3 is 16.0 Å². The van der Waals surface area contributed by atoms with Gasteiger partial charge in [-0.25, -0.2) is 4.98 Å². The second-order valence-electron chi connectivity index (χ2n) is 4.92. The molecule has 0 radical (unpaired) electrons. The molecular formula is C15H20N4O. The zero-order chi connectivity index (χ0) is 14.4. The van der Waals surface area contributed by atoms with Gasteiger partial charge in [-0.05, 0) is 38.6 Å². The van der Waals surface area contributed by atoms with Crippen molar-refractivity contribution in [3.63, 3.8) is 0 Å². The number of nitrogens with two attached hydrogens (primary N) is 1. The third kappa shape index (κ3) is 3.80. The normalized spacial score (nSPS) is 18.4. The van der Waals surface area contributed by atoms with Crippen molar-refractivity contribution >= 4 is 5.91 Å². The van der Waals surface area contributed by atoms with Crippen molar-refractivity contribution in [1.82, 2.24) is 15.2 Å². The molecule has 106 valence electrons. The van der Waals surface area contributed by atoms with Crippen LogP contribution in [-0.2, 0) is 0 Å². The number of carbonyl (C=O) groups is 1. The summed E-state index contributed by atoms with van der Waals surface area (Å²) in [5.74, 6) is 5.49. The molecule has 1 unspecified atom stereocenters. The SMILES string of the molecule is CN1CCCC1CNC(=O)c1ccc(C#CCN)cn1. The summed E-state index contributed by atoms with van der Waals surface area (Å²) in [6.07, 6.45) is 3.93. The lowest BCUT2D eigenvalue weighted by Crippen LogP contribution is -2.38. The van der Waals surface area contributed by atoms with Crippen LogP contribution in [0.15, 0.2) is 18.3 Å². The zero-order valence-electron chi connectivity index (χ0n) is 11.7. The van der Waals surface area contributed by atoms with E-state index in [2.05, 4.69) is 34.1 Å². The molecule has 0 aliphatic carbocycles. The van der Waals surface area contributed by atoms with E-state index in [9.17, 15) is 4.79 Å². The topological polar surface area (TPSA) is 71.2 Å². The number of nitrogens with one attached hydrogen (secondary N) is 1. The highest BCUT2D eigenvalue weighted by Crippen LogP contribution is 2.13. The number of aromatic nitrogens is 1. The van der Waals surface area contributed by atoms with Crippen LogP contribution >= 0.6 is 0 Å². The largest absolute Gasteiger partial charge is 0.349 e. The maximum absolute atomic E-state index is 12.0. The van der Waals surface area contributed by atoms with Crippen LogP contribution in [0.2, 0.25) is 0 Å². The van der Waals surface area contributed by atoms with Gasteiger partial charge in [-0.15, -0.1) is 0 Å². The molecule has 1 aliphatic heterocycles. The third-order valence-corrected chi connectivity index (χ3v) is 3.50. The first-order chi connectivity index (χ1) is 9.70. The molecule has 20 heavy (non-hydrogen) atoms. The summed E-state index contributed by atoms with van der Waals surface area (Å²) in [6.45, 7) is 2.09. The van der Waals surface area contributed by atoms with Crippen molar-refractivity contribution in [3.8, 4) is 11.8 Å². The van der Waals surface area contributed by atoms with Crippen molar-refractivity contribution in [2.45, 2.75) is 18.9 Å². The summed E-state index contributed by atoms with van der Waals surface area (Å²) in [7, 11) is 2.09. The lowest BCUT2D eigenvalue weighted by atomic mass is 10.2. The van der Waals surface area contributed by atoms with Crippen LogP contribution < -0.4 is 11.1 Å². The Bertz CT molecular complexity index is 515. The summed E-state index contributed by atoms with van der Waals surface area (Å²) in [5.41, 5.74) is 6.49. The molecule has 1 aromatic heterocycles. The van der Waals surface area contributed by atoms with E-state index in [0.717, 1.165) is 18.5 Å². The Morgan fingerprint density at radius 1 is 1.60 bits per heavy atom. The first-order valence-corrected chi connectivity index (χ1v) is 6.84. The maximum Gasteiger partial charge on any atom is 0.269 e. The van der Waals surface area contributed by atoms with Gasteiger partial charge in [0.15, 0.2) is 0 Å². The average molecular weight is 272 g/mol. The minimum absolute atomic E-state index is 0.136. The molecule has 1 atom stereocenters. The number of hydrogen-bond donors (Lipinski definition) is 2. The Morgan fingerprint density at radius 2 is 2.45 bits per heavy atom. The lowest BCUT2D eigenvalue weighted by molar-refractivity contribution is 0.0938. The molecule has 1 amide bonds. The van der Waals surface area contributed by atoms with Gasteiger partial charge in [0.2, 0.25) is 0 Å². The Balaban J connectivity index is 1.89. The molecule has 1 aliphatic rings. The van der Waals surface area contributed by atoms with Gasteiger partial charge in [-0.3, -0.25) is 4.79 Å². The Labute approximate surface area is 119 Å². The van der Waals surface area contributed by atoms with Crippen LogP contribution in [0.1, 0.15) is 28.9 Å². The molecule has 3 N–H and O–H groups in total. The summed E-state index contributed by atoms with van der Waals surface area (Å²) >= 11 is 0. The first-order valence-electron chi connectivity index (χ1n) is 6.84. The van der Waals surface area contributed by atoms with Gasteiger partial charge in [0.25, 0.3) is 5.91 Å². The van der Waals surface area contributed by atoms with Crippen LogP contribution in [-0.4, -0.2) is 48.5 Å². The Kier molecular flexibility index (Phi) is 5.10. The number of hydrogen-bond acceptors (Lipinski definition) is 4. The standard InChI is InChI=1S/C15H20N4O/c1-19-9-3-5-13(19)11-18-15(20)14-7-6-12(10-17-14)4-2-8-16/h6-7,10,13H,3,5,8-9,11,16H2,1H3,(H,18,20). The van der Waals surface area contributed by atoms with E-state index >= 15 is 0 Å². The van der Waals surface area contributed by atoms with E-state index in [1.54, 1.807) is 18.3 Å². The van der Waals surface area contributed by atoms with Gasteiger partial charge in [-0.1, -0.05) is 11.8 Å². The number of rotatable bonds is 3. The minimum atomic E-state index is -0.136. The predicted octanol–water partition coefficient (Wildman–Crippen LogP) is 0.216. The molecule has 1 aromatic rings. The predicted molar refractivity (Wildman–Crippen MR) is 78.2 cm³/mol. The summed E-state index contributed by atoms with van der Waals surface area (Å²) in [5, 5.41) is 2.93. The van der Waals surface area contributed by atoms with E-state index in [1.807, 2.05) is 0 Å². The summed E-state index contributed by atoms with van der Waals surface area (Å²) in [6, 6.07) is 3.91. The van der Waals surface area contributed by atoms with Crippen molar-refractivity contribution in [1.29, 1.82) is 0 Å². The number of amides is 1. The fourth-order valence-corrected chi connectivity index (χ4v) is 2.29. The monoisotopic (exact) mass is 272 g/mol. The molecule has 0 spiro atoms. The highest BCUT2D eigenvalue weighted by atomic mass is 16.1. The lowest BCUT2D eigenvalue weighted by Gasteiger charge is -2.19. The van der Waals surface area contributed by atoms with Crippen molar-refractivity contribution < 1.29 is 4.79 Å². The second kappa shape index (κ2) is 7.04. The number of pyridine rings is 1. The second-order valence-corrected chi connectivity index (χ2v) is 4.92. The summed E-state index contributed by atoms with van der Waals surface area (Å²) < 4.78 is 0.